The lowest BCUT2D eigenvalue weighted by Crippen LogP contribution is -2.51. The second-order valence-electron chi connectivity index (χ2n) is 8.71. The molecule has 0 bridgehead atoms. The molecule has 1 aliphatic heterocycles. The molecule has 10 nitrogen and oxygen atoms in total. The van der Waals surface area contributed by atoms with Crippen LogP contribution in [0.1, 0.15) is 44.9 Å². The Bertz CT molecular complexity index is 1190. The molecule has 0 radical (unpaired) electrons. The molecule has 1 N–H and O–H groups in total. The van der Waals surface area contributed by atoms with Gasteiger partial charge in [0.15, 0.2) is 5.78 Å². The van der Waals surface area contributed by atoms with Crippen LogP contribution in [0.5, 0.6) is 5.75 Å². The topological polar surface area (TPSA) is 114 Å². The van der Waals surface area contributed by atoms with E-state index in [-0.39, 0.29) is 11.8 Å². The third-order valence-electron chi connectivity index (χ3n) is 6.58. The minimum Gasteiger partial charge on any atom is -0.497 e. The number of hydrogen-bond donors (Lipinski definition) is 1. The highest BCUT2D eigenvalue weighted by Crippen LogP contribution is 2.23. The number of esters is 1. The molecule has 2 aromatic heterocycles. The molecular formula is C25H31N5O5. The molecule has 1 unspecified atom stereocenters. The van der Waals surface area contributed by atoms with Gasteiger partial charge in [-0.2, -0.15) is 4.98 Å². The van der Waals surface area contributed by atoms with E-state index < -0.39 is 5.97 Å². The first-order chi connectivity index (χ1) is 16.8. The van der Waals surface area contributed by atoms with Gasteiger partial charge >= 0.3 is 5.97 Å². The van der Waals surface area contributed by atoms with E-state index in [9.17, 15) is 9.59 Å². The van der Waals surface area contributed by atoms with Gasteiger partial charge in [0.2, 0.25) is 11.7 Å². The summed E-state index contributed by atoms with van der Waals surface area (Å²) in [7, 11) is 2.97. The highest BCUT2D eigenvalue weighted by atomic mass is 16.5. The number of aryl methyl sites for hydroxylation is 1. The Morgan fingerprint density at radius 1 is 1.11 bits per heavy atom. The molecule has 186 valence electrons. The normalized spacial score (nSPS) is 15.7. The van der Waals surface area contributed by atoms with Gasteiger partial charge in [-0.15, -0.1) is 0 Å². The van der Waals surface area contributed by atoms with Gasteiger partial charge in [0.1, 0.15) is 5.75 Å². The fourth-order valence-electron chi connectivity index (χ4n) is 4.46. The number of benzene rings is 1. The number of aromatic nitrogens is 3. The van der Waals surface area contributed by atoms with Gasteiger partial charge < -0.3 is 19.0 Å². The molecule has 0 aliphatic carbocycles. The van der Waals surface area contributed by atoms with Gasteiger partial charge in [-0.05, 0) is 50.6 Å². The number of piperazine rings is 1. The molecule has 1 atom stereocenters. The molecule has 4 rings (SSSR count). The van der Waals surface area contributed by atoms with Crippen molar-refractivity contribution in [3.05, 3.63) is 52.7 Å². The first kappa shape index (κ1) is 24.6. The number of aromatic amines is 1. The third-order valence-corrected chi connectivity index (χ3v) is 6.58. The van der Waals surface area contributed by atoms with Gasteiger partial charge in [0, 0.05) is 37.4 Å². The summed E-state index contributed by atoms with van der Waals surface area (Å²) in [6.07, 6.45) is 0. The number of ketones is 1. The lowest BCUT2D eigenvalue weighted by molar-refractivity contribution is 0.0599. The van der Waals surface area contributed by atoms with E-state index in [0.29, 0.717) is 40.8 Å². The van der Waals surface area contributed by atoms with Crippen LogP contribution in [0.4, 0.5) is 0 Å². The number of rotatable bonds is 8. The number of Topliss-reactive ketones (excluding diaryl/α,β-unsaturated/α-hetero) is 1. The molecular weight excluding hydrogens is 450 g/mol. The zero-order chi connectivity index (χ0) is 25.1. The van der Waals surface area contributed by atoms with Crippen molar-refractivity contribution in [1.29, 1.82) is 0 Å². The van der Waals surface area contributed by atoms with Gasteiger partial charge in [-0.3, -0.25) is 14.6 Å². The van der Waals surface area contributed by atoms with Gasteiger partial charge in [0.05, 0.1) is 38.1 Å². The minimum atomic E-state index is -0.437. The summed E-state index contributed by atoms with van der Waals surface area (Å²) in [5.74, 6) is 1.40. The van der Waals surface area contributed by atoms with E-state index in [1.807, 2.05) is 31.2 Å². The standard InChI is InChI=1S/C25H31N5O5/c1-15-21(25(32)34-5)16(2)26-22(15)23(31)17(3)30-12-10-29(11-13-30)14-20-27-24(28-35-20)18-6-8-19(33-4)9-7-18/h6-9,17,26H,10-14H2,1-5H3. The summed E-state index contributed by atoms with van der Waals surface area (Å²) in [5.41, 5.74) is 3.04. The van der Waals surface area contributed by atoms with E-state index in [1.54, 1.807) is 21.0 Å². The second kappa shape index (κ2) is 10.4. The first-order valence-corrected chi connectivity index (χ1v) is 11.6. The van der Waals surface area contributed by atoms with Crippen molar-refractivity contribution in [1.82, 2.24) is 24.9 Å². The van der Waals surface area contributed by atoms with Crippen LogP contribution in [0, 0.1) is 13.8 Å². The maximum absolute atomic E-state index is 13.2. The Labute approximate surface area is 204 Å². The van der Waals surface area contributed by atoms with Gasteiger partial charge in [-0.1, -0.05) is 5.16 Å². The number of carbonyl (C=O) groups is 2. The number of nitrogens with one attached hydrogen (secondary N) is 1. The molecule has 1 saturated heterocycles. The number of methoxy groups -OCH3 is 2. The van der Waals surface area contributed by atoms with Crippen LogP contribution >= 0.6 is 0 Å². The van der Waals surface area contributed by atoms with Gasteiger partial charge in [-0.25, -0.2) is 4.79 Å². The lowest BCUT2D eigenvalue weighted by Gasteiger charge is -2.36. The number of H-pyrrole nitrogens is 1. The summed E-state index contributed by atoms with van der Waals surface area (Å²) in [5, 5.41) is 4.10. The van der Waals surface area contributed by atoms with Crippen LogP contribution in [-0.4, -0.2) is 83.1 Å². The van der Waals surface area contributed by atoms with Crippen molar-refractivity contribution in [2.45, 2.75) is 33.4 Å². The van der Waals surface area contributed by atoms with Crippen molar-refractivity contribution in [3.63, 3.8) is 0 Å². The molecule has 0 saturated carbocycles. The zero-order valence-corrected chi connectivity index (χ0v) is 20.8. The van der Waals surface area contributed by atoms with Crippen LogP contribution in [0.25, 0.3) is 11.4 Å². The Morgan fingerprint density at radius 2 is 1.80 bits per heavy atom. The highest BCUT2D eigenvalue weighted by molar-refractivity contribution is 6.03. The Balaban J connectivity index is 1.34. The predicted molar refractivity (Wildman–Crippen MR) is 129 cm³/mol. The van der Waals surface area contributed by atoms with Crippen molar-refractivity contribution < 1.29 is 23.6 Å². The molecule has 1 aromatic carbocycles. The molecule has 3 heterocycles. The summed E-state index contributed by atoms with van der Waals surface area (Å²) >= 11 is 0. The molecule has 1 aliphatic rings. The second-order valence-corrected chi connectivity index (χ2v) is 8.71. The van der Waals surface area contributed by atoms with E-state index in [1.165, 1.54) is 7.11 Å². The van der Waals surface area contributed by atoms with Crippen LogP contribution < -0.4 is 4.74 Å². The fourth-order valence-corrected chi connectivity index (χ4v) is 4.46. The Hall–Kier alpha value is -3.50. The van der Waals surface area contributed by atoms with E-state index in [4.69, 9.17) is 14.0 Å². The maximum atomic E-state index is 13.2. The van der Waals surface area contributed by atoms with Gasteiger partial charge in [0.25, 0.3) is 0 Å². The third kappa shape index (κ3) is 5.13. The van der Waals surface area contributed by atoms with E-state index >= 15 is 0 Å². The van der Waals surface area contributed by atoms with Crippen molar-refractivity contribution in [2.24, 2.45) is 0 Å². The molecule has 1 fully saturated rings. The molecule has 3 aromatic rings. The Kier molecular flexibility index (Phi) is 7.32. The van der Waals surface area contributed by atoms with E-state index in [2.05, 4.69) is 24.9 Å². The smallest absolute Gasteiger partial charge is 0.339 e. The predicted octanol–water partition coefficient (Wildman–Crippen LogP) is 2.87. The maximum Gasteiger partial charge on any atom is 0.339 e. The summed E-state index contributed by atoms with van der Waals surface area (Å²) < 4.78 is 15.5. The molecule has 10 heteroatoms. The molecule has 0 amide bonds. The number of nitrogens with zero attached hydrogens (tertiary/aromatic N) is 4. The van der Waals surface area contributed by atoms with Crippen LogP contribution in [-0.2, 0) is 11.3 Å². The van der Waals surface area contributed by atoms with Crippen LogP contribution in [0.2, 0.25) is 0 Å². The SMILES string of the molecule is COC(=O)c1c(C)[nH]c(C(=O)C(C)N2CCN(Cc3nc(-c4ccc(OC)cc4)no3)CC2)c1C. The lowest BCUT2D eigenvalue weighted by atomic mass is 10.0. The fraction of sp³-hybridized carbons (Fsp3) is 0.440. The summed E-state index contributed by atoms with van der Waals surface area (Å²) in [6.45, 7) is 9.02. The first-order valence-electron chi connectivity index (χ1n) is 11.6. The average molecular weight is 482 g/mol. The number of carbonyl (C=O) groups excluding carboxylic acids is 2. The number of ether oxygens (including phenoxy) is 2. The number of hydrogen-bond acceptors (Lipinski definition) is 9. The minimum absolute atomic E-state index is 0.0322. The average Bonchev–Trinajstić information content (AvgIpc) is 3.46. The van der Waals surface area contributed by atoms with Crippen molar-refractivity contribution in [2.75, 3.05) is 40.4 Å². The largest absolute Gasteiger partial charge is 0.497 e. The molecule has 0 spiro atoms. The van der Waals surface area contributed by atoms with E-state index in [0.717, 1.165) is 37.5 Å². The quantitative estimate of drug-likeness (QED) is 0.383. The zero-order valence-electron chi connectivity index (χ0n) is 20.8. The highest BCUT2D eigenvalue weighted by Gasteiger charge is 2.30. The van der Waals surface area contributed by atoms with Crippen molar-refractivity contribution >= 4 is 11.8 Å². The summed E-state index contributed by atoms with van der Waals surface area (Å²) in [4.78, 5) is 37.3. The Morgan fingerprint density at radius 3 is 2.43 bits per heavy atom. The van der Waals surface area contributed by atoms with Crippen LogP contribution in [0.3, 0.4) is 0 Å². The molecule has 35 heavy (non-hydrogen) atoms. The monoisotopic (exact) mass is 481 g/mol. The van der Waals surface area contributed by atoms with Crippen LogP contribution in [0.15, 0.2) is 28.8 Å². The van der Waals surface area contributed by atoms with Crippen molar-refractivity contribution in [3.8, 4) is 17.1 Å². The summed E-state index contributed by atoms with van der Waals surface area (Å²) in [6, 6.07) is 7.20.